The van der Waals surface area contributed by atoms with E-state index in [1.165, 1.54) is 5.56 Å². The fourth-order valence-corrected chi connectivity index (χ4v) is 3.33. The zero-order valence-electron chi connectivity index (χ0n) is 16.8. The smallest absolute Gasteiger partial charge is 0.255 e. The second kappa shape index (κ2) is 7.72. The highest BCUT2D eigenvalue weighted by Crippen LogP contribution is 2.24. The zero-order valence-corrected chi connectivity index (χ0v) is 16.8. The molecule has 0 saturated heterocycles. The van der Waals surface area contributed by atoms with Gasteiger partial charge in [0.1, 0.15) is 0 Å². The van der Waals surface area contributed by atoms with Crippen LogP contribution in [0.25, 0.3) is 10.9 Å². The summed E-state index contributed by atoms with van der Waals surface area (Å²) in [6.45, 7) is 4.10. The Hall–Kier alpha value is -3.73. The number of hydrogen-bond donors (Lipinski definition) is 4. The highest BCUT2D eigenvalue weighted by atomic mass is 16.1. The second-order valence-corrected chi connectivity index (χ2v) is 7.12. The fraction of sp³-hybridized carbons (Fsp3) is 0.125. The van der Waals surface area contributed by atoms with Crippen molar-refractivity contribution in [3.63, 3.8) is 0 Å². The van der Waals surface area contributed by atoms with Gasteiger partial charge in [-0.3, -0.25) is 4.79 Å². The van der Waals surface area contributed by atoms with Crippen molar-refractivity contribution in [2.75, 3.05) is 23.0 Å². The maximum absolute atomic E-state index is 12.7. The summed E-state index contributed by atoms with van der Waals surface area (Å²) in [6, 6.07) is 21.5. The molecule has 29 heavy (non-hydrogen) atoms. The number of benzene rings is 3. The van der Waals surface area contributed by atoms with Gasteiger partial charge in [0.25, 0.3) is 5.91 Å². The molecule has 1 heterocycles. The summed E-state index contributed by atoms with van der Waals surface area (Å²) in [7, 11) is 1.90. The lowest BCUT2D eigenvalue weighted by Gasteiger charge is -2.10. The Kier molecular flexibility index (Phi) is 4.96. The molecule has 0 aliphatic rings. The van der Waals surface area contributed by atoms with E-state index in [1.54, 1.807) is 0 Å². The molecule has 4 N–H and O–H groups in total. The molecule has 146 valence electrons. The van der Waals surface area contributed by atoms with E-state index in [4.69, 9.17) is 0 Å². The molecule has 0 atom stereocenters. The van der Waals surface area contributed by atoms with Crippen LogP contribution in [0, 0.1) is 13.8 Å². The van der Waals surface area contributed by atoms with E-state index < -0.39 is 0 Å². The van der Waals surface area contributed by atoms with Crippen LogP contribution in [0.1, 0.15) is 21.6 Å². The first-order valence-electron chi connectivity index (χ1n) is 9.58. The lowest BCUT2D eigenvalue weighted by molar-refractivity contribution is 0.102. The number of fused-ring (bicyclic) bond motifs is 1. The number of aryl methyl sites for hydroxylation is 2. The Bertz CT molecular complexity index is 1160. The number of carbonyl (C=O) groups excluding carboxylic acids is 1. The topological polar surface area (TPSA) is 68.9 Å². The Labute approximate surface area is 170 Å². The first kappa shape index (κ1) is 18.6. The molecule has 0 aliphatic carbocycles. The molecule has 1 aromatic heterocycles. The average Bonchev–Trinajstić information content (AvgIpc) is 3.03. The first-order chi connectivity index (χ1) is 14.0. The summed E-state index contributed by atoms with van der Waals surface area (Å²) in [5, 5.41) is 10.5. The number of nitrogens with one attached hydrogen (secondary N) is 4. The maximum Gasteiger partial charge on any atom is 0.255 e. The van der Waals surface area contributed by atoms with E-state index >= 15 is 0 Å². The van der Waals surface area contributed by atoms with E-state index in [-0.39, 0.29) is 5.91 Å². The number of amides is 1. The van der Waals surface area contributed by atoms with Crippen molar-refractivity contribution in [1.29, 1.82) is 0 Å². The van der Waals surface area contributed by atoms with Crippen molar-refractivity contribution in [2.45, 2.75) is 13.8 Å². The van der Waals surface area contributed by atoms with Crippen LogP contribution in [0.3, 0.4) is 0 Å². The molecule has 0 radical (unpaired) electrons. The third kappa shape index (κ3) is 3.94. The standard InChI is InChI=1S/C24H24N4O/c1-15-16(2)26-23-13-4-17(14-22(15)23)24(29)28-21-11-9-20(10-12-21)27-19-7-5-18(25-3)6-8-19/h4-14,25-27H,1-3H3,(H,28,29). The van der Waals surface area contributed by atoms with Crippen molar-refractivity contribution in [2.24, 2.45) is 0 Å². The van der Waals surface area contributed by atoms with Gasteiger partial charge in [0.2, 0.25) is 0 Å². The second-order valence-electron chi connectivity index (χ2n) is 7.12. The van der Waals surface area contributed by atoms with Gasteiger partial charge in [0, 0.05) is 52.0 Å². The molecule has 5 heteroatoms. The van der Waals surface area contributed by atoms with Crippen molar-refractivity contribution >= 4 is 39.6 Å². The maximum atomic E-state index is 12.7. The number of aromatic amines is 1. The van der Waals surface area contributed by atoms with Crippen molar-refractivity contribution < 1.29 is 4.79 Å². The minimum Gasteiger partial charge on any atom is -0.388 e. The molecule has 0 spiro atoms. The third-order valence-electron chi connectivity index (χ3n) is 5.18. The zero-order chi connectivity index (χ0) is 20.4. The van der Waals surface area contributed by atoms with Crippen LogP contribution in [0.4, 0.5) is 22.7 Å². The molecule has 0 aliphatic heterocycles. The third-order valence-corrected chi connectivity index (χ3v) is 5.18. The van der Waals surface area contributed by atoms with Crippen molar-refractivity contribution in [3.05, 3.63) is 83.6 Å². The Balaban J connectivity index is 1.45. The molecule has 1 amide bonds. The van der Waals surface area contributed by atoms with Gasteiger partial charge in [-0.2, -0.15) is 0 Å². The Morgan fingerprint density at radius 2 is 1.38 bits per heavy atom. The van der Waals surface area contributed by atoms with Crippen LogP contribution in [0.5, 0.6) is 0 Å². The summed E-state index contributed by atoms with van der Waals surface area (Å²) >= 11 is 0. The van der Waals surface area contributed by atoms with Gasteiger partial charge in [-0.1, -0.05) is 0 Å². The summed E-state index contributed by atoms with van der Waals surface area (Å²) in [4.78, 5) is 16.0. The molecule has 4 aromatic rings. The van der Waals surface area contributed by atoms with Crippen LogP contribution in [0.2, 0.25) is 0 Å². The Morgan fingerprint density at radius 1 is 0.793 bits per heavy atom. The van der Waals surface area contributed by atoms with E-state index in [0.717, 1.165) is 39.3 Å². The summed E-state index contributed by atoms with van der Waals surface area (Å²) in [5.74, 6) is -0.117. The van der Waals surface area contributed by atoms with Crippen molar-refractivity contribution in [3.8, 4) is 0 Å². The van der Waals surface area contributed by atoms with Gasteiger partial charge < -0.3 is 20.9 Å². The molecule has 5 nitrogen and oxygen atoms in total. The Morgan fingerprint density at radius 3 is 2.00 bits per heavy atom. The summed E-state index contributed by atoms with van der Waals surface area (Å²) in [5.41, 5.74) is 7.78. The number of H-pyrrole nitrogens is 1. The summed E-state index contributed by atoms with van der Waals surface area (Å²) in [6.07, 6.45) is 0. The van der Waals surface area contributed by atoms with Crippen LogP contribution >= 0.6 is 0 Å². The predicted molar refractivity (Wildman–Crippen MR) is 121 cm³/mol. The van der Waals surface area contributed by atoms with Gasteiger partial charge in [0.05, 0.1) is 0 Å². The normalized spacial score (nSPS) is 10.7. The highest BCUT2D eigenvalue weighted by Gasteiger charge is 2.10. The van der Waals surface area contributed by atoms with Gasteiger partial charge in [-0.15, -0.1) is 0 Å². The minimum atomic E-state index is -0.117. The van der Waals surface area contributed by atoms with E-state index in [0.29, 0.717) is 5.56 Å². The van der Waals surface area contributed by atoms with Crippen LogP contribution < -0.4 is 16.0 Å². The number of hydrogen-bond acceptors (Lipinski definition) is 3. The molecular formula is C24H24N4O. The quantitative estimate of drug-likeness (QED) is 0.350. The SMILES string of the molecule is CNc1ccc(Nc2ccc(NC(=O)c3ccc4[nH]c(C)c(C)c4c3)cc2)cc1. The largest absolute Gasteiger partial charge is 0.388 e. The van der Waals surface area contributed by atoms with Gasteiger partial charge in [-0.05, 0) is 86.1 Å². The van der Waals surface area contributed by atoms with Gasteiger partial charge in [-0.25, -0.2) is 0 Å². The van der Waals surface area contributed by atoms with Crippen LogP contribution in [0.15, 0.2) is 66.7 Å². The predicted octanol–water partition coefficient (Wildman–Crippen LogP) is 5.82. The lowest BCUT2D eigenvalue weighted by atomic mass is 10.1. The number of carbonyl (C=O) groups is 1. The van der Waals surface area contributed by atoms with Crippen molar-refractivity contribution in [1.82, 2.24) is 4.98 Å². The monoisotopic (exact) mass is 384 g/mol. The van der Waals surface area contributed by atoms with E-state index in [9.17, 15) is 4.79 Å². The van der Waals surface area contributed by atoms with Crippen LogP contribution in [-0.4, -0.2) is 17.9 Å². The average molecular weight is 384 g/mol. The molecule has 0 bridgehead atoms. The number of anilines is 4. The lowest BCUT2D eigenvalue weighted by Crippen LogP contribution is -2.11. The minimum absolute atomic E-state index is 0.117. The number of rotatable bonds is 5. The van der Waals surface area contributed by atoms with Gasteiger partial charge >= 0.3 is 0 Å². The molecule has 0 saturated carbocycles. The highest BCUT2D eigenvalue weighted by molar-refractivity contribution is 6.06. The van der Waals surface area contributed by atoms with E-state index in [1.807, 2.05) is 80.7 Å². The fourth-order valence-electron chi connectivity index (χ4n) is 3.33. The molecule has 4 rings (SSSR count). The first-order valence-corrected chi connectivity index (χ1v) is 9.58. The molecule has 0 unspecified atom stereocenters. The van der Waals surface area contributed by atoms with Gasteiger partial charge in [0.15, 0.2) is 0 Å². The van der Waals surface area contributed by atoms with E-state index in [2.05, 4.69) is 27.9 Å². The molecular weight excluding hydrogens is 360 g/mol. The number of aromatic nitrogens is 1. The summed E-state index contributed by atoms with van der Waals surface area (Å²) < 4.78 is 0. The molecule has 0 fully saturated rings. The molecule has 3 aromatic carbocycles. The van der Waals surface area contributed by atoms with Crippen LogP contribution in [-0.2, 0) is 0 Å².